The summed E-state index contributed by atoms with van der Waals surface area (Å²) in [7, 11) is 1.71. The van der Waals surface area contributed by atoms with Crippen molar-refractivity contribution in [2.24, 2.45) is 0 Å². The number of hydrogen-bond donors (Lipinski definition) is 0. The van der Waals surface area contributed by atoms with Crippen LogP contribution < -0.4 is 4.74 Å². The second-order valence-electron chi connectivity index (χ2n) is 5.00. The highest BCUT2D eigenvalue weighted by atomic mass is 16.5. The van der Waals surface area contributed by atoms with Gasteiger partial charge >= 0.3 is 0 Å². The maximum Gasteiger partial charge on any atom is 0.126 e. The lowest BCUT2D eigenvalue weighted by atomic mass is 9.99. The van der Waals surface area contributed by atoms with E-state index in [9.17, 15) is 0 Å². The molecule has 0 saturated carbocycles. The van der Waals surface area contributed by atoms with E-state index >= 15 is 0 Å². The van der Waals surface area contributed by atoms with Crippen LogP contribution in [0.15, 0.2) is 61.2 Å². The van der Waals surface area contributed by atoms with Gasteiger partial charge in [-0.3, -0.25) is 0 Å². The third kappa shape index (κ3) is 3.99. The fraction of sp³-hybridized carbons (Fsp3) is 0.263. The van der Waals surface area contributed by atoms with Crippen LogP contribution in [0, 0.1) is 0 Å². The first kappa shape index (κ1) is 14.4. The molecule has 0 aromatic heterocycles. The fourth-order valence-electron chi connectivity index (χ4n) is 2.38. The second kappa shape index (κ2) is 7.54. The lowest BCUT2D eigenvalue weighted by Gasteiger charge is -2.10. The van der Waals surface area contributed by atoms with E-state index in [1.807, 2.05) is 18.2 Å². The van der Waals surface area contributed by atoms with E-state index in [1.54, 1.807) is 7.11 Å². The van der Waals surface area contributed by atoms with Crippen LogP contribution in [0.2, 0.25) is 0 Å². The highest BCUT2D eigenvalue weighted by molar-refractivity contribution is 5.68. The Balaban J connectivity index is 1.81. The van der Waals surface area contributed by atoms with E-state index in [-0.39, 0.29) is 0 Å². The van der Waals surface area contributed by atoms with Gasteiger partial charge in [0.15, 0.2) is 0 Å². The Morgan fingerprint density at radius 2 is 1.65 bits per heavy atom. The molecule has 0 unspecified atom stereocenters. The molecule has 0 heterocycles. The van der Waals surface area contributed by atoms with E-state index in [4.69, 9.17) is 4.74 Å². The number of allylic oxidation sites excluding steroid dienone is 1. The fourth-order valence-corrected chi connectivity index (χ4v) is 2.38. The van der Waals surface area contributed by atoms with Crippen molar-refractivity contribution in [3.63, 3.8) is 0 Å². The molecule has 0 saturated heterocycles. The van der Waals surface area contributed by atoms with Crippen molar-refractivity contribution in [1.29, 1.82) is 0 Å². The second-order valence-corrected chi connectivity index (χ2v) is 5.00. The number of ether oxygens (including phenoxy) is 1. The average Bonchev–Trinajstić information content (AvgIpc) is 2.52. The van der Waals surface area contributed by atoms with Crippen molar-refractivity contribution in [1.82, 2.24) is 0 Å². The van der Waals surface area contributed by atoms with Gasteiger partial charge in [-0.1, -0.05) is 55.1 Å². The summed E-state index contributed by atoms with van der Waals surface area (Å²) in [6, 6.07) is 18.7. The molecule has 0 bridgehead atoms. The number of methoxy groups -OCH3 is 1. The molecule has 20 heavy (non-hydrogen) atoms. The third-order valence-electron chi connectivity index (χ3n) is 3.52. The minimum Gasteiger partial charge on any atom is -0.496 e. The standard InChI is InChI=1S/C19H22O/c1-16(18-14-8-9-15-19(18)20-2)10-6-7-13-17-11-4-3-5-12-17/h3-5,8-9,11-12,14-15H,1,6-7,10,13H2,2H3. The summed E-state index contributed by atoms with van der Waals surface area (Å²) in [6.07, 6.45) is 4.51. The van der Waals surface area contributed by atoms with Crippen molar-refractivity contribution in [2.75, 3.05) is 7.11 Å². The summed E-state index contributed by atoms with van der Waals surface area (Å²) < 4.78 is 5.38. The SMILES string of the molecule is C=C(CCCCc1ccccc1)c1ccccc1OC. The first-order valence-corrected chi connectivity index (χ1v) is 7.16. The smallest absolute Gasteiger partial charge is 0.126 e. The molecule has 0 spiro atoms. The molecule has 0 aliphatic carbocycles. The number of benzene rings is 2. The van der Waals surface area contributed by atoms with Crippen LogP contribution in [0.5, 0.6) is 5.75 Å². The van der Waals surface area contributed by atoms with Crippen LogP contribution in [-0.4, -0.2) is 7.11 Å². The van der Waals surface area contributed by atoms with Gasteiger partial charge in [0.25, 0.3) is 0 Å². The third-order valence-corrected chi connectivity index (χ3v) is 3.52. The molecule has 0 aliphatic heterocycles. The minimum atomic E-state index is 0.917. The average molecular weight is 266 g/mol. The Kier molecular flexibility index (Phi) is 5.43. The first-order valence-electron chi connectivity index (χ1n) is 7.16. The molecular formula is C19H22O. The van der Waals surface area contributed by atoms with Crippen molar-refractivity contribution in [3.05, 3.63) is 72.3 Å². The van der Waals surface area contributed by atoms with Crippen molar-refractivity contribution in [3.8, 4) is 5.75 Å². The summed E-state index contributed by atoms with van der Waals surface area (Å²) in [4.78, 5) is 0. The zero-order valence-electron chi connectivity index (χ0n) is 12.1. The normalized spacial score (nSPS) is 10.2. The topological polar surface area (TPSA) is 9.23 Å². The van der Waals surface area contributed by atoms with Gasteiger partial charge < -0.3 is 4.74 Å². The number of para-hydroxylation sites is 1. The molecule has 0 amide bonds. The molecule has 0 atom stereocenters. The Morgan fingerprint density at radius 1 is 0.950 bits per heavy atom. The summed E-state index contributed by atoms with van der Waals surface area (Å²) in [5, 5.41) is 0. The van der Waals surface area contributed by atoms with Gasteiger partial charge in [-0.25, -0.2) is 0 Å². The molecular weight excluding hydrogens is 244 g/mol. The molecule has 0 N–H and O–H groups in total. The summed E-state index contributed by atoms with van der Waals surface area (Å²) in [6.45, 7) is 4.20. The molecule has 2 aromatic carbocycles. The molecule has 2 aromatic rings. The Hall–Kier alpha value is -2.02. The zero-order valence-corrected chi connectivity index (χ0v) is 12.1. The van der Waals surface area contributed by atoms with Gasteiger partial charge in [-0.2, -0.15) is 0 Å². The van der Waals surface area contributed by atoms with E-state index in [0.29, 0.717) is 0 Å². The van der Waals surface area contributed by atoms with Crippen molar-refractivity contribution >= 4 is 5.57 Å². The number of hydrogen-bond acceptors (Lipinski definition) is 1. The predicted octanol–water partition coefficient (Wildman–Crippen LogP) is 5.12. The summed E-state index contributed by atoms with van der Waals surface area (Å²) in [5.41, 5.74) is 3.71. The number of aryl methyl sites for hydroxylation is 1. The van der Waals surface area contributed by atoms with Crippen LogP contribution in [0.3, 0.4) is 0 Å². The van der Waals surface area contributed by atoms with E-state index < -0.39 is 0 Å². The Bertz CT molecular complexity index is 543. The van der Waals surface area contributed by atoms with E-state index in [0.717, 1.165) is 36.1 Å². The highest BCUT2D eigenvalue weighted by Crippen LogP contribution is 2.27. The molecule has 0 fully saturated rings. The van der Waals surface area contributed by atoms with Gasteiger partial charge in [-0.15, -0.1) is 0 Å². The number of rotatable bonds is 7. The summed E-state index contributed by atoms with van der Waals surface area (Å²) in [5.74, 6) is 0.917. The van der Waals surface area contributed by atoms with Crippen molar-refractivity contribution in [2.45, 2.75) is 25.7 Å². The van der Waals surface area contributed by atoms with Gasteiger partial charge in [-0.05, 0) is 42.9 Å². The van der Waals surface area contributed by atoms with E-state index in [1.165, 1.54) is 12.0 Å². The van der Waals surface area contributed by atoms with Gasteiger partial charge in [0, 0.05) is 5.56 Å². The Labute approximate surface area is 121 Å². The molecule has 1 heteroatoms. The highest BCUT2D eigenvalue weighted by Gasteiger charge is 2.05. The van der Waals surface area contributed by atoms with Crippen LogP contribution in [0.25, 0.3) is 5.57 Å². The lowest BCUT2D eigenvalue weighted by Crippen LogP contribution is -1.92. The quantitative estimate of drug-likeness (QED) is 0.632. The van der Waals surface area contributed by atoms with E-state index in [2.05, 4.69) is 43.0 Å². The summed E-state index contributed by atoms with van der Waals surface area (Å²) >= 11 is 0. The maximum absolute atomic E-state index is 5.38. The zero-order chi connectivity index (χ0) is 14.2. The molecule has 1 nitrogen and oxygen atoms in total. The monoisotopic (exact) mass is 266 g/mol. The number of unbranched alkanes of at least 4 members (excludes halogenated alkanes) is 1. The predicted molar refractivity (Wildman–Crippen MR) is 86.0 cm³/mol. The molecule has 0 aliphatic rings. The van der Waals surface area contributed by atoms with Crippen LogP contribution in [0.1, 0.15) is 30.4 Å². The van der Waals surface area contributed by atoms with Crippen LogP contribution >= 0.6 is 0 Å². The molecule has 2 rings (SSSR count). The molecule has 0 radical (unpaired) electrons. The van der Waals surface area contributed by atoms with Crippen molar-refractivity contribution < 1.29 is 4.74 Å². The maximum atomic E-state index is 5.38. The van der Waals surface area contributed by atoms with Gasteiger partial charge in [0.05, 0.1) is 7.11 Å². The van der Waals surface area contributed by atoms with Crippen LogP contribution in [-0.2, 0) is 6.42 Å². The molecule has 104 valence electrons. The Morgan fingerprint density at radius 3 is 2.40 bits per heavy atom. The largest absolute Gasteiger partial charge is 0.496 e. The minimum absolute atomic E-state index is 0.917. The lowest BCUT2D eigenvalue weighted by molar-refractivity contribution is 0.413. The van der Waals surface area contributed by atoms with Gasteiger partial charge in [0.1, 0.15) is 5.75 Å². The van der Waals surface area contributed by atoms with Gasteiger partial charge in [0.2, 0.25) is 0 Å². The first-order chi connectivity index (χ1) is 9.81. The van der Waals surface area contributed by atoms with Crippen LogP contribution in [0.4, 0.5) is 0 Å².